The Bertz CT molecular complexity index is 1160. The zero-order valence-electron chi connectivity index (χ0n) is 15.0. The fraction of sp³-hybridized carbons (Fsp3) is 0.0909. The average Bonchev–Trinajstić information content (AvgIpc) is 2.72. The van der Waals surface area contributed by atoms with E-state index in [0.717, 1.165) is 17.0 Å². The number of hydrogen-bond acceptors (Lipinski definition) is 3. The van der Waals surface area contributed by atoms with Crippen molar-refractivity contribution in [3.8, 4) is 11.3 Å². The number of anilines is 1. The molecule has 7 heteroatoms. The molecule has 29 heavy (non-hydrogen) atoms. The third-order valence-electron chi connectivity index (χ3n) is 4.51. The van der Waals surface area contributed by atoms with Crippen molar-refractivity contribution >= 4 is 16.6 Å². The van der Waals surface area contributed by atoms with Crippen LogP contribution in [0.25, 0.3) is 22.2 Å². The minimum atomic E-state index is -4.77. The van der Waals surface area contributed by atoms with Crippen molar-refractivity contribution in [3.63, 3.8) is 0 Å². The van der Waals surface area contributed by atoms with Gasteiger partial charge < -0.3 is 5.32 Å². The maximum Gasteiger partial charge on any atom is 0.419 e. The molecule has 0 aliphatic carbocycles. The van der Waals surface area contributed by atoms with E-state index in [-0.39, 0.29) is 11.3 Å². The van der Waals surface area contributed by atoms with E-state index in [1.165, 1.54) is 18.2 Å². The summed E-state index contributed by atoms with van der Waals surface area (Å²) in [5, 5.41) is 4.05. The van der Waals surface area contributed by atoms with Gasteiger partial charge in [0.05, 0.1) is 22.5 Å². The van der Waals surface area contributed by atoms with Crippen molar-refractivity contribution in [3.05, 3.63) is 90.0 Å². The first-order chi connectivity index (χ1) is 13.9. The van der Waals surface area contributed by atoms with Gasteiger partial charge in [-0.2, -0.15) is 13.2 Å². The van der Waals surface area contributed by atoms with Crippen molar-refractivity contribution < 1.29 is 17.6 Å². The molecule has 0 aliphatic heterocycles. The Hall–Kier alpha value is -3.48. The summed E-state index contributed by atoms with van der Waals surface area (Å²) in [7, 11) is 0. The third-order valence-corrected chi connectivity index (χ3v) is 4.51. The molecule has 0 amide bonds. The Morgan fingerprint density at radius 3 is 2.48 bits per heavy atom. The molecule has 0 bridgehead atoms. The van der Waals surface area contributed by atoms with Crippen LogP contribution in [0.15, 0.2) is 73.1 Å². The summed E-state index contributed by atoms with van der Waals surface area (Å²) >= 11 is 0. The van der Waals surface area contributed by atoms with E-state index in [4.69, 9.17) is 0 Å². The van der Waals surface area contributed by atoms with Crippen molar-refractivity contribution in [2.45, 2.75) is 12.7 Å². The standard InChI is InChI=1S/C22H15F4N3/c23-20-16(6-2-7-17(20)22(24,25)26)18-10-9-15-5-1-8-19(21(15)29-18)28-13-14-4-3-11-27-12-14/h1-12,28H,13H2. The van der Waals surface area contributed by atoms with Crippen LogP contribution in [0.3, 0.4) is 0 Å². The van der Waals surface area contributed by atoms with Gasteiger partial charge in [0.1, 0.15) is 5.82 Å². The number of alkyl halides is 3. The number of pyridine rings is 2. The van der Waals surface area contributed by atoms with Gasteiger partial charge in [0, 0.05) is 29.9 Å². The third kappa shape index (κ3) is 3.89. The van der Waals surface area contributed by atoms with Crippen LogP contribution in [0.2, 0.25) is 0 Å². The second kappa shape index (κ2) is 7.50. The first-order valence-electron chi connectivity index (χ1n) is 8.82. The molecule has 2 aromatic heterocycles. The number of hydrogen-bond donors (Lipinski definition) is 1. The number of nitrogens with one attached hydrogen (secondary N) is 1. The van der Waals surface area contributed by atoms with Crippen LogP contribution < -0.4 is 5.32 Å². The minimum absolute atomic E-state index is 0.136. The fourth-order valence-electron chi connectivity index (χ4n) is 3.09. The van der Waals surface area contributed by atoms with Crippen LogP contribution in [0.4, 0.5) is 23.2 Å². The quantitative estimate of drug-likeness (QED) is 0.425. The van der Waals surface area contributed by atoms with E-state index >= 15 is 0 Å². The van der Waals surface area contributed by atoms with Gasteiger partial charge in [-0.1, -0.05) is 30.3 Å². The van der Waals surface area contributed by atoms with Gasteiger partial charge in [-0.05, 0) is 35.9 Å². The molecular weight excluding hydrogens is 382 g/mol. The maximum atomic E-state index is 14.5. The number of fused-ring (bicyclic) bond motifs is 1. The highest BCUT2D eigenvalue weighted by Gasteiger charge is 2.35. The van der Waals surface area contributed by atoms with E-state index in [9.17, 15) is 17.6 Å². The summed E-state index contributed by atoms with van der Waals surface area (Å²) in [6, 6.07) is 15.7. The molecule has 0 saturated carbocycles. The Kier molecular flexibility index (Phi) is 4.88. The number of nitrogens with zero attached hydrogens (tertiary/aromatic N) is 2. The monoisotopic (exact) mass is 397 g/mol. The van der Waals surface area contributed by atoms with Crippen LogP contribution in [0.5, 0.6) is 0 Å². The van der Waals surface area contributed by atoms with Crippen LogP contribution >= 0.6 is 0 Å². The molecule has 0 saturated heterocycles. The Morgan fingerprint density at radius 2 is 1.72 bits per heavy atom. The topological polar surface area (TPSA) is 37.8 Å². The lowest BCUT2D eigenvalue weighted by Gasteiger charge is -2.13. The smallest absolute Gasteiger partial charge is 0.379 e. The fourth-order valence-corrected chi connectivity index (χ4v) is 3.09. The van der Waals surface area contributed by atoms with Gasteiger partial charge in [0.15, 0.2) is 0 Å². The minimum Gasteiger partial charge on any atom is -0.379 e. The first-order valence-corrected chi connectivity index (χ1v) is 8.82. The predicted molar refractivity (Wildman–Crippen MR) is 104 cm³/mol. The molecular formula is C22H15F4N3. The summed E-state index contributed by atoms with van der Waals surface area (Å²) in [5.41, 5.74) is 0.844. The summed E-state index contributed by atoms with van der Waals surface area (Å²) in [6.45, 7) is 0.497. The molecule has 0 unspecified atom stereocenters. The molecule has 0 fully saturated rings. The van der Waals surface area contributed by atoms with Gasteiger partial charge in [0.25, 0.3) is 0 Å². The molecule has 1 N–H and O–H groups in total. The van der Waals surface area contributed by atoms with Crippen molar-refractivity contribution in [1.29, 1.82) is 0 Å². The highest BCUT2D eigenvalue weighted by atomic mass is 19.4. The molecule has 4 aromatic rings. The number of rotatable bonds is 4. The molecule has 0 aliphatic rings. The SMILES string of the molecule is Fc1c(-c2ccc3cccc(NCc4cccnc4)c3n2)cccc1C(F)(F)F. The lowest BCUT2D eigenvalue weighted by Crippen LogP contribution is -2.09. The second-order valence-corrected chi connectivity index (χ2v) is 6.45. The molecule has 2 aromatic carbocycles. The largest absolute Gasteiger partial charge is 0.419 e. The Labute approximate surface area is 164 Å². The zero-order valence-corrected chi connectivity index (χ0v) is 15.0. The van der Waals surface area contributed by atoms with E-state index in [0.29, 0.717) is 17.7 Å². The number of para-hydroxylation sites is 1. The number of halogens is 4. The van der Waals surface area contributed by atoms with Crippen LogP contribution in [-0.2, 0) is 12.7 Å². The van der Waals surface area contributed by atoms with Crippen molar-refractivity contribution in [2.75, 3.05) is 5.32 Å². The average molecular weight is 397 g/mol. The highest BCUT2D eigenvalue weighted by molar-refractivity contribution is 5.92. The van der Waals surface area contributed by atoms with Crippen LogP contribution in [0, 0.1) is 5.82 Å². The predicted octanol–water partition coefficient (Wildman–Crippen LogP) is 6.07. The van der Waals surface area contributed by atoms with Gasteiger partial charge in [-0.15, -0.1) is 0 Å². The van der Waals surface area contributed by atoms with Gasteiger partial charge >= 0.3 is 6.18 Å². The lowest BCUT2D eigenvalue weighted by atomic mass is 10.0. The molecule has 146 valence electrons. The molecule has 2 heterocycles. The molecule has 0 atom stereocenters. The van der Waals surface area contributed by atoms with Gasteiger partial charge in [0.2, 0.25) is 0 Å². The lowest BCUT2D eigenvalue weighted by molar-refractivity contribution is -0.139. The van der Waals surface area contributed by atoms with Crippen LogP contribution in [0.1, 0.15) is 11.1 Å². The van der Waals surface area contributed by atoms with E-state index in [1.807, 2.05) is 30.3 Å². The molecule has 3 nitrogen and oxygen atoms in total. The summed E-state index contributed by atoms with van der Waals surface area (Å²) in [5.74, 6) is -1.33. The molecule has 0 spiro atoms. The molecule has 4 rings (SSSR count). The van der Waals surface area contributed by atoms with Gasteiger partial charge in [-0.25, -0.2) is 9.37 Å². The van der Waals surface area contributed by atoms with E-state index in [1.54, 1.807) is 18.5 Å². The van der Waals surface area contributed by atoms with Crippen molar-refractivity contribution in [2.24, 2.45) is 0 Å². The highest BCUT2D eigenvalue weighted by Crippen LogP contribution is 2.35. The van der Waals surface area contributed by atoms with E-state index in [2.05, 4.69) is 15.3 Å². The van der Waals surface area contributed by atoms with E-state index < -0.39 is 17.6 Å². The number of aromatic nitrogens is 2. The van der Waals surface area contributed by atoms with Gasteiger partial charge in [-0.3, -0.25) is 4.98 Å². The normalized spacial score (nSPS) is 11.6. The zero-order chi connectivity index (χ0) is 20.4. The summed E-state index contributed by atoms with van der Waals surface area (Å²) in [4.78, 5) is 8.52. The first kappa shape index (κ1) is 18.9. The second-order valence-electron chi connectivity index (χ2n) is 6.45. The Morgan fingerprint density at radius 1 is 0.897 bits per heavy atom. The van der Waals surface area contributed by atoms with Crippen LogP contribution in [-0.4, -0.2) is 9.97 Å². The Balaban J connectivity index is 1.75. The van der Waals surface area contributed by atoms with Crippen molar-refractivity contribution in [1.82, 2.24) is 9.97 Å². The maximum absolute atomic E-state index is 14.5. The molecule has 0 radical (unpaired) electrons. The summed E-state index contributed by atoms with van der Waals surface area (Å²) in [6.07, 6.45) is -1.36. The number of benzene rings is 2. The summed E-state index contributed by atoms with van der Waals surface area (Å²) < 4.78 is 53.7.